The standard InChI is InChI=1S/C20H18N4O2/c1-13-19(24-18(12-21-13)15-7-4-3-5-8-15)20(26)23-17-10-6-9-16(11-17)22-14(2)25/h3-12H,1-2H3,(H,22,25)(H,23,26). The van der Waals surface area contributed by atoms with Crippen molar-refractivity contribution in [1.29, 1.82) is 0 Å². The largest absolute Gasteiger partial charge is 0.326 e. The van der Waals surface area contributed by atoms with Gasteiger partial charge in [0.2, 0.25) is 5.91 Å². The van der Waals surface area contributed by atoms with Gasteiger partial charge in [0.25, 0.3) is 5.91 Å². The fraction of sp³-hybridized carbons (Fsp3) is 0.100. The zero-order chi connectivity index (χ0) is 18.5. The van der Waals surface area contributed by atoms with Gasteiger partial charge in [0.1, 0.15) is 5.69 Å². The molecule has 0 saturated carbocycles. The molecule has 3 rings (SSSR count). The highest BCUT2D eigenvalue weighted by atomic mass is 16.2. The number of hydrogen-bond acceptors (Lipinski definition) is 4. The molecule has 130 valence electrons. The number of carbonyl (C=O) groups excluding carboxylic acids is 2. The third-order valence-electron chi connectivity index (χ3n) is 3.68. The van der Waals surface area contributed by atoms with Gasteiger partial charge in [-0.15, -0.1) is 0 Å². The predicted molar refractivity (Wildman–Crippen MR) is 101 cm³/mol. The van der Waals surface area contributed by atoms with Crippen LogP contribution in [-0.2, 0) is 4.79 Å². The first-order valence-corrected chi connectivity index (χ1v) is 8.11. The summed E-state index contributed by atoms with van der Waals surface area (Å²) in [5.41, 5.74) is 3.50. The molecule has 0 bridgehead atoms. The maximum absolute atomic E-state index is 12.7. The molecule has 1 heterocycles. The summed E-state index contributed by atoms with van der Waals surface area (Å²) in [7, 11) is 0. The van der Waals surface area contributed by atoms with Crippen molar-refractivity contribution in [3.63, 3.8) is 0 Å². The van der Waals surface area contributed by atoms with Gasteiger partial charge in [-0.3, -0.25) is 14.6 Å². The normalized spacial score (nSPS) is 10.2. The molecule has 2 amide bonds. The van der Waals surface area contributed by atoms with Crippen LogP contribution in [0.1, 0.15) is 23.1 Å². The Morgan fingerprint density at radius 1 is 0.923 bits per heavy atom. The molecule has 0 spiro atoms. The topological polar surface area (TPSA) is 84.0 Å². The molecule has 0 fully saturated rings. The average Bonchev–Trinajstić information content (AvgIpc) is 2.62. The van der Waals surface area contributed by atoms with Crippen molar-refractivity contribution < 1.29 is 9.59 Å². The van der Waals surface area contributed by atoms with E-state index in [1.165, 1.54) is 6.92 Å². The van der Waals surface area contributed by atoms with E-state index in [0.29, 0.717) is 22.8 Å². The highest BCUT2D eigenvalue weighted by molar-refractivity contribution is 6.04. The summed E-state index contributed by atoms with van der Waals surface area (Å²) in [6.45, 7) is 3.17. The number of anilines is 2. The number of nitrogens with one attached hydrogen (secondary N) is 2. The number of aryl methyl sites for hydroxylation is 1. The Morgan fingerprint density at radius 3 is 2.31 bits per heavy atom. The van der Waals surface area contributed by atoms with Crippen LogP contribution in [0.2, 0.25) is 0 Å². The van der Waals surface area contributed by atoms with Gasteiger partial charge in [-0.2, -0.15) is 0 Å². The molecule has 1 aromatic heterocycles. The minimum atomic E-state index is -0.354. The Labute approximate surface area is 151 Å². The number of benzene rings is 2. The minimum Gasteiger partial charge on any atom is -0.326 e. The quantitative estimate of drug-likeness (QED) is 0.755. The Kier molecular flexibility index (Phi) is 5.03. The number of hydrogen-bond donors (Lipinski definition) is 2. The molecule has 6 nitrogen and oxygen atoms in total. The molecule has 0 unspecified atom stereocenters. The fourth-order valence-corrected chi connectivity index (χ4v) is 2.48. The zero-order valence-electron chi connectivity index (χ0n) is 14.5. The second kappa shape index (κ2) is 7.57. The lowest BCUT2D eigenvalue weighted by Gasteiger charge is -2.10. The third-order valence-corrected chi connectivity index (χ3v) is 3.68. The minimum absolute atomic E-state index is 0.175. The Bertz CT molecular complexity index is 955. The third kappa shape index (κ3) is 4.10. The van der Waals surface area contributed by atoms with Crippen LogP contribution in [0.4, 0.5) is 11.4 Å². The second-order valence-electron chi connectivity index (χ2n) is 5.77. The lowest BCUT2D eigenvalue weighted by Crippen LogP contribution is -2.17. The molecule has 0 aliphatic carbocycles. The van der Waals surface area contributed by atoms with Crippen molar-refractivity contribution in [1.82, 2.24) is 9.97 Å². The molecule has 2 aromatic carbocycles. The van der Waals surface area contributed by atoms with Crippen LogP contribution >= 0.6 is 0 Å². The van der Waals surface area contributed by atoms with E-state index >= 15 is 0 Å². The molecular weight excluding hydrogens is 328 g/mol. The van der Waals surface area contributed by atoms with Crippen molar-refractivity contribution in [2.24, 2.45) is 0 Å². The van der Waals surface area contributed by atoms with E-state index in [2.05, 4.69) is 20.6 Å². The van der Waals surface area contributed by atoms with E-state index in [9.17, 15) is 9.59 Å². The highest BCUT2D eigenvalue weighted by Crippen LogP contribution is 2.19. The molecular formula is C20H18N4O2. The molecule has 6 heteroatoms. The zero-order valence-corrected chi connectivity index (χ0v) is 14.5. The van der Waals surface area contributed by atoms with Crippen LogP contribution in [0.15, 0.2) is 60.8 Å². The second-order valence-corrected chi connectivity index (χ2v) is 5.77. The van der Waals surface area contributed by atoms with Gasteiger partial charge >= 0.3 is 0 Å². The Morgan fingerprint density at radius 2 is 1.62 bits per heavy atom. The summed E-state index contributed by atoms with van der Waals surface area (Å²) in [5.74, 6) is -0.529. The highest BCUT2D eigenvalue weighted by Gasteiger charge is 2.14. The molecule has 0 radical (unpaired) electrons. The fourth-order valence-electron chi connectivity index (χ4n) is 2.48. The van der Waals surface area contributed by atoms with Crippen LogP contribution in [-0.4, -0.2) is 21.8 Å². The van der Waals surface area contributed by atoms with E-state index in [1.54, 1.807) is 37.4 Å². The number of amides is 2. The summed E-state index contributed by atoms with van der Waals surface area (Å²) in [5, 5.41) is 5.48. The van der Waals surface area contributed by atoms with Crippen molar-refractivity contribution in [2.75, 3.05) is 10.6 Å². The van der Waals surface area contributed by atoms with Gasteiger partial charge in [0.05, 0.1) is 17.6 Å². The lowest BCUT2D eigenvalue weighted by molar-refractivity contribution is -0.114. The van der Waals surface area contributed by atoms with Crippen molar-refractivity contribution >= 4 is 23.2 Å². The van der Waals surface area contributed by atoms with Crippen LogP contribution in [0.3, 0.4) is 0 Å². The average molecular weight is 346 g/mol. The van der Waals surface area contributed by atoms with Crippen molar-refractivity contribution in [3.8, 4) is 11.3 Å². The summed E-state index contributed by atoms with van der Waals surface area (Å²) >= 11 is 0. The summed E-state index contributed by atoms with van der Waals surface area (Å²) in [6.07, 6.45) is 1.65. The summed E-state index contributed by atoms with van der Waals surface area (Å²) in [6, 6.07) is 16.5. The summed E-state index contributed by atoms with van der Waals surface area (Å²) < 4.78 is 0. The van der Waals surface area contributed by atoms with Crippen molar-refractivity contribution in [3.05, 3.63) is 72.2 Å². The first kappa shape index (κ1) is 17.3. The van der Waals surface area contributed by atoms with E-state index in [1.807, 2.05) is 30.3 Å². The van der Waals surface area contributed by atoms with Crippen LogP contribution in [0.5, 0.6) is 0 Å². The van der Waals surface area contributed by atoms with Gasteiger partial charge in [0.15, 0.2) is 0 Å². The first-order valence-electron chi connectivity index (χ1n) is 8.11. The number of nitrogens with zero attached hydrogens (tertiary/aromatic N) is 2. The smallest absolute Gasteiger partial charge is 0.276 e. The molecule has 0 saturated heterocycles. The first-order chi connectivity index (χ1) is 12.5. The number of aromatic nitrogens is 2. The van der Waals surface area contributed by atoms with Crippen LogP contribution in [0, 0.1) is 6.92 Å². The Hall–Kier alpha value is -3.54. The molecule has 0 aliphatic rings. The predicted octanol–water partition coefficient (Wildman–Crippen LogP) is 3.66. The molecule has 0 aliphatic heterocycles. The van der Waals surface area contributed by atoms with E-state index in [0.717, 1.165) is 5.56 Å². The van der Waals surface area contributed by atoms with Crippen molar-refractivity contribution in [2.45, 2.75) is 13.8 Å². The van der Waals surface area contributed by atoms with Gasteiger partial charge in [-0.05, 0) is 25.1 Å². The molecule has 0 atom stereocenters. The van der Waals surface area contributed by atoms with Gasteiger partial charge in [0, 0.05) is 23.9 Å². The number of rotatable bonds is 4. The number of carbonyl (C=O) groups is 2. The molecule has 26 heavy (non-hydrogen) atoms. The molecule has 2 N–H and O–H groups in total. The monoisotopic (exact) mass is 346 g/mol. The van der Waals surface area contributed by atoms with Crippen LogP contribution < -0.4 is 10.6 Å². The lowest BCUT2D eigenvalue weighted by atomic mass is 10.1. The SMILES string of the molecule is CC(=O)Nc1cccc(NC(=O)c2nc(-c3ccccc3)cnc2C)c1. The van der Waals surface area contributed by atoms with E-state index < -0.39 is 0 Å². The van der Waals surface area contributed by atoms with E-state index in [4.69, 9.17) is 0 Å². The Balaban J connectivity index is 1.85. The maximum atomic E-state index is 12.7. The molecule has 3 aromatic rings. The van der Waals surface area contributed by atoms with Gasteiger partial charge in [-0.1, -0.05) is 36.4 Å². The van der Waals surface area contributed by atoms with Gasteiger partial charge < -0.3 is 10.6 Å². The van der Waals surface area contributed by atoms with Crippen LogP contribution in [0.25, 0.3) is 11.3 Å². The summed E-state index contributed by atoms with van der Waals surface area (Å²) in [4.78, 5) is 32.6. The maximum Gasteiger partial charge on any atom is 0.276 e. The van der Waals surface area contributed by atoms with Gasteiger partial charge in [-0.25, -0.2) is 4.98 Å². The van der Waals surface area contributed by atoms with E-state index in [-0.39, 0.29) is 17.5 Å².